The average molecular weight is 250 g/mol. The molecule has 18 heavy (non-hydrogen) atoms. The molecule has 5 heteroatoms. The Hall–Kier alpha value is -1.88. The number of carboxylic acids is 1. The number of anilines is 1. The molecule has 5 nitrogen and oxygen atoms in total. The second-order valence-electron chi connectivity index (χ2n) is 4.14. The summed E-state index contributed by atoms with van der Waals surface area (Å²) in [6, 6.07) is 6.06. The third-order valence-corrected chi connectivity index (χ3v) is 2.80. The number of hydrogen-bond acceptors (Lipinski definition) is 3. The predicted molar refractivity (Wildman–Crippen MR) is 69.5 cm³/mol. The van der Waals surface area contributed by atoms with E-state index < -0.39 is 5.97 Å². The number of benzene rings is 1. The Kier molecular flexibility index (Phi) is 5.32. The van der Waals surface area contributed by atoms with E-state index in [1.807, 2.05) is 6.92 Å². The van der Waals surface area contributed by atoms with Crippen LogP contribution in [0.4, 0.5) is 5.69 Å². The van der Waals surface area contributed by atoms with Crippen LogP contribution in [0.1, 0.15) is 30.1 Å². The molecule has 0 aliphatic carbocycles. The lowest BCUT2D eigenvalue weighted by Crippen LogP contribution is -2.21. The van der Waals surface area contributed by atoms with Gasteiger partial charge in [-0.3, -0.25) is 4.79 Å². The quantitative estimate of drug-likeness (QED) is 0.716. The van der Waals surface area contributed by atoms with Crippen LogP contribution in [0.25, 0.3) is 0 Å². The maximum atomic E-state index is 11.7. The molecule has 1 atom stereocenters. The van der Waals surface area contributed by atoms with Crippen LogP contribution in [0, 0.1) is 5.92 Å². The average Bonchev–Trinajstić information content (AvgIpc) is 2.36. The van der Waals surface area contributed by atoms with Crippen LogP contribution >= 0.6 is 0 Å². The van der Waals surface area contributed by atoms with Gasteiger partial charge in [-0.05, 0) is 36.7 Å². The Morgan fingerprint density at radius 3 is 2.39 bits per heavy atom. The van der Waals surface area contributed by atoms with Gasteiger partial charge in [-0.25, -0.2) is 4.79 Å². The fraction of sp³-hybridized carbons (Fsp3) is 0.385. The zero-order chi connectivity index (χ0) is 13.5. The SMILES string of the molecule is CCC(CN)CC(=O)Nc1ccc(C(=O)O)cc1. The molecule has 4 N–H and O–H groups in total. The highest BCUT2D eigenvalue weighted by Crippen LogP contribution is 2.12. The summed E-state index contributed by atoms with van der Waals surface area (Å²) in [7, 11) is 0. The number of amides is 1. The highest BCUT2D eigenvalue weighted by molar-refractivity contribution is 5.92. The highest BCUT2D eigenvalue weighted by atomic mass is 16.4. The molecule has 0 spiro atoms. The lowest BCUT2D eigenvalue weighted by atomic mass is 10.0. The van der Waals surface area contributed by atoms with Crippen molar-refractivity contribution in [2.75, 3.05) is 11.9 Å². The van der Waals surface area contributed by atoms with Crippen molar-refractivity contribution in [3.8, 4) is 0 Å². The van der Waals surface area contributed by atoms with Gasteiger partial charge in [0, 0.05) is 12.1 Å². The lowest BCUT2D eigenvalue weighted by Gasteiger charge is -2.12. The minimum atomic E-state index is -0.984. The van der Waals surface area contributed by atoms with Crippen LogP contribution in [0.3, 0.4) is 0 Å². The molecule has 98 valence electrons. The van der Waals surface area contributed by atoms with Crippen molar-refractivity contribution in [2.45, 2.75) is 19.8 Å². The van der Waals surface area contributed by atoms with Crippen molar-refractivity contribution < 1.29 is 14.7 Å². The molecule has 0 radical (unpaired) electrons. The Morgan fingerprint density at radius 2 is 1.94 bits per heavy atom. The monoisotopic (exact) mass is 250 g/mol. The van der Waals surface area contributed by atoms with Crippen molar-refractivity contribution in [1.82, 2.24) is 0 Å². The van der Waals surface area contributed by atoms with E-state index in [1.165, 1.54) is 12.1 Å². The van der Waals surface area contributed by atoms with Gasteiger partial charge in [-0.1, -0.05) is 13.3 Å². The number of carbonyl (C=O) groups is 2. The van der Waals surface area contributed by atoms with Gasteiger partial charge < -0.3 is 16.2 Å². The van der Waals surface area contributed by atoms with E-state index in [0.717, 1.165) is 6.42 Å². The summed E-state index contributed by atoms with van der Waals surface area (Å²) in [6.45, 7) is 2.48. The second-order valence-corrected chi connectivity index (χ2v) is 4.14. The van der Waals surface area contributed by atoms with Crippen LogP contribution in [0.5, 0.6) is 0 Å². The van der Waals surface area contributed by atoms with Gasteiger partial charge in [0.1, 0.15) is 0 Å². The molecule has 0 heterocycles. The van der Waals surface area contributed by atoms with Gasteiger partial charge in [0.2, 0.25) is 5.91 Å². The fourth-order valence-electron chi connectivity index (χ4n) is 1.56. The summed E-state index contributed by atoms with van der Waals surface area (Å²) in [5.41, 5.74) is 6.32. The third-order valence-electron chi connectivity index (χ3n) is 2.80. The van der Waals surface area contributed by atoms with Crippen LogP contribution in [-0.4, -0.2) is 23.5 Å². The van der Waals surface area contributed by atoms with Crippen molar-refractivity contribution >= 4 is 17.6 Å². The number of nitrogens with two attached hydrogens (primary N) is 1. The maximum Gasteiger partial charge on any atom is 0.335 e. The second kappa shape index (κ2) is 6.76. The highest BCUT2D eigenvalue weighted by Gasteiger charge is 2.10. The van der Waals surface area contributed by atoms with Gasteiger partial charge in [0.15, 0.2) is 0 Å². The summed E-state index contributed by atoms with van der Waals surface area (Å²) in [4.78, 5) is 22.3. The lowest BCUT2D eigenvalue weighted by molar-refractivity contribution is -0.117. The van der Waals surface area contributed by atoms with Gasteiger partial charge in [0.25, 0.3) is 0 Å². The first kappa shape index (κ1) is 14.2. The van der Waals surface area contributed by atoms with E-state index >= 15 is 0 Å². The normalized spacial score (nSPS) is 11.9. The standard InChI is InChI=1S/C13H18N2O3/c1-2-9(8-14)7-12(16)15-11-5-3-10(4-6-11)13(17)18/h3-6,9H,2,7-8,14H2,1H3,(H,15,16)(H,17,18). The fourth-order valence-corrected chi connectivity index (χ4v) is 1.56. The van der Waals surface area contributed by atoms with E-state index in [9.17, 15) is 9.59 Å². The van der Waals surface area contributed by atoms with Crippen LogP contribution in [0.15, 0.2) is 24.3 Å². The Bertz CT molecular complexity index is 411. The molecule has 0 bridgehead atoms. The van der Waals surface area contributed by atoms with Gasteiger partial charge >= 0.3 is 5.97 Å². The molecule has 0 saturated carbocycles. The van der Waals surface area contributed by atoms with Crippen molar-refractivity contribution in [1.29, 1.82) is 0 Å². The molecule has 0 saturated heterocycles. The molecule has 1 aromatic carbocycles. The minimum absolute atomic E-state index is 0.102. The molecular weight excluding hydrogens is 232 g/mol. The van der Waals surface area contributed by atoms with E-state index in [2.05, 4.69) is 5.32 Å². The van der Waals surface area contributed by atoms with Gasteiger partial charge in [-0.15, -0.1) is 0 Å². The van der Waals surface area contributed by atoms with Crippen LogP contribution in [-0.2, 0) is 4.79 Å². The van der Waals surface area contributed by atoms with Crippen LogP contribution in [0.2, 0.25) is 0 Å². The predicted octanol–water partition coefficient (Wildman–Crippen LogP) is 1.70. The van der Waals surface area contributed by atoms with Crippen LogP contribution < -0.4 is 11.1 Å². The van der Waals surface area contributed by atoms with Gasteiger partial charge in [0.05, 0.1) is 5.56 Å². The topological polar surface area (TPSA) is 92.4 Å². The first-order valence-electron chi connectivity index (χ1n) is 5.90. The number of carboxylic acid groups (broad SMARTS) is 1. The Labute approximate surface area is 106 Å². The summed E-state index contributed by atoms with van der Waals surface area (Å²) >= 11 is 0. The molecule has 0 fully saturated rings. The number of carbonyl (C=O) groups excluding carboxylic acids is 1. The zero-order valence-electron chi connectivity index (χ0n) is 10.3. The Balaban J connectivity index is 2.56. The van der Waals surface area contributed by atoms with Crippen molar-refractivity contribution in [3.63, 3.8) is 0 Å². The molecule has 0 aliphatic rings. The molecular formula is C13H18N2O3. The van der Waals surface area contributed by atoms with E-state index in [0.29, 0.717) is 18.7 Å². The summed E-state index contributed by atoms with van der Waals surface area (Å²) in [5.74, 6) is -0.902. The summed E-state index contributed by atoms with van der Waals surface area (Å²) < 4.78 is 0. The van der Waals surface area contributed by atoms with E-state index in [1.54, 1.807) is 12.1 Å². The summed E-state index contributed by atoms with van der Waals surface area (Å²) in [5, 5.41) is 11.5. The number of hydrogen-bond donors (Lipinski definition) is 3. The maximum absolute atomic E-state index is 11.7. The zero-order valence-corrected chi connectivity index (χ0v) is 10.3. The molecule has 0 aromatic heterocycles. The number of rotatable bonds is 6. The van der Waals surface area contributed by atoms with Crippen molar-refractivity contribution in [3.05, 3.63) is 29.8 Å². The van der Waals surface area contributed by atoms with Gasteiger partial charge in [-0.2, -0.15) is 0 Å². The molecule has 1 unspecified atom stereocenters. The number of aromatic carboxylic acids is 1. The largest absolute Gasteiger partial charge is 0.478 e. The first-order chi connectivity index (χ1) is 8.56. The molecule has 1 rings (SSSR count). The molecule has 1 amide bonds. The van der Waals surface area contributed by atoms with Crippen molar-refractivity contribution in [2.24, 2.45) is 11.7 Å². The molecule has 0 aliphatic heterocycles. The third kappa shape index (κ3) is 4.18. The van der Waals surface area contributed by atoms with E-state index in [-0.39, 0.29) is 17.4 Å². The Morgan fingerprint density at radius 1 is 1.33 bits per heavy atom. The smallest absolute Gasteiger partial charge is 0.335 e. The minimum Gasteiger partial charge on any atom is -0.478 e. The summed E-state index contributed by atoms with van der Waals surface area (Å²) in [6.07, 6.45) is 1.25. The number of nitrogens with one attached hydrogen (secondary N) is 1. The molecule has 1 aromatic rings. The van der Waals surface area contributed by atoms with E-state index in [4.69, 9.17) is 10.8 Å². The first-order valence-corrected chi connectivity index (χ1v) is 5.90.